The Kier molecular flexibility index (Phi) is 4.35. The van der Waals surface area contributed by atoms with E-state index in [1.165, 1.54) is 12.1 Å². The Bertz CT molecular complexity index is 677. The molecule has 0 saturated heterocycles. The fourth-order valence-corrected chi connectivity index (χ4v) is 4.41. The zero-order valence-electron chi connectivity index (χ0n) is 12.2. The molecule has 1 atom stereocenters. The maximum Gasteiger partial charge on any atom is 0.242 e. The zero-order valence-corrected chi connectivity index (χ0v) is 13.0. The third kappa shape index (κ3) is 3.25. The number of hydrogen-bond acceptors (Lipinski definition) is 3. The van der Waals surface area contributed by atoms with Crippen LogP contribution < -0.4 is 4.72 Å². The molecule has 2 rings (SSSR count). The Morgan fingerprint density at radius 1 is 1.38 bits per heavy atom. The highest BCUT2D eigenvalue weighted by molar-refractivity contribution is 7.89. The van der Waals surface area contributed by atoms with Crippen LogP contribution in [0.2, 0.25) is 0 Å². The molecule has 0 radical (unpaired) electrons. The molecule has 0 aliphatic heterocycles. The summed E-state index contributed by atoms with van der Waals surface area (Å²) in [6, 6.07) is 5.08. The molecule has 1 N–H and O–H groups in total. The third-order valence-corrected chi connectivity index (χ3v) is 5.70. The molecule has 0 amide bonds. The standard InChI is InChI=1S/C15H19FN2O2S/c1-15(2)9-4-3-8-14(15)18-21(19,20)13-7-5-6-12(16)11(13)10-17/h5-7,14,18H,3-4,8-9H2,1-2H3. The molecule has 1 aliphatic rings. The van der Waals surface area contributed by atoms with Gasteiger partial charge in [0.2, 0.25) is 10.0 Å². The summed E-state index contributed by atoms with van der Waals surface area (Å²) in [5.74, 6) is -0.816. The lowest BCUT2D eigenvalue weighted by Gasteiger charge is -2.38. The number of rotatable bonds is 3. The predicted molar refractivity (Wildman–Crippen MR) is 77.5 cm³/mol. The summed E-state index contributed by atoms with van der Waals surface area (Å²) in [5, 5.41) is 8.99. The first-order chi connectivity index (χ1) is 9.78. The second kappa shape index (κ2) is 5.74. The van der Waals surface area contributed by atoms with Crippen LogP contribution in [0.4, 0.5) is 4.39 Å². The first-order valence-corrected chi connectivity index (χ1v) is 8.47. The van der Waals surface area contributed by atoms with Gasteiger partial charge in [0, 0.05) is 6.04 Å². The Balaban J connectivity index is 2.36. The molecular formula is C15H19FN2O2S. The average molecular weight is 310 g/mol. The molecule has 1 saturated carbocycles. The van der Waals surface area contributed by atoms with Gasteiger partial charge in [-0.2, -0.15) is 5.26 Å². The summed E-state index contributed by atoms with van der Waals surface area (Å²) >= 11 is 0. The van der Waals surface area contributed by atoms with Crippen molar-refractivity contribution in [2.75, 3.05) is 0 Å². The fourth-order valence-electron chi connectivity index (χ4n) is 2.80. The van der Waals surface area contributed by atoms with E-state index in [1.807, 2.05) is 13.8 Å². The number of sulfonamides is 1. The maximum absolute atomic E-state index is 13.6. The van der Waals surface area contributed by atoms with Crippen molar-refractivity contribution >= 4 is 10.0 Å². The molecule has 1 fully saturated rings. The first kappa shape index (κ1) is 15.9. The zero-order chi connectivity index (χ0) is 15.7. The quantitative estimate of drug-likeness (QED) is 0.933. The van der Waals surface area contributed by atoms with Gasteiger partial charge in [0.05, 0.1) is 0 Å². The largest absolute Gasteiger partial charge is 0.242 e. The van der Waals surface area contributed by atoms with Crippen LogP contribution in [0.5, 0.6) is 0 Å². The highest BCUT2D eigenvalue weighted by atomic mass is 32.2. The van der Waals surface area contributed by atoms with Crippen molar-refractivity contribution < 1.29 is 12.8 Å². The van der Waals surface area contributed by atoms with E-state index >= 15 is 0 Å². The van der Waals surface area contributed by atoms with Crippen LogP contribution in [0.1, 0.15) is 45.1 Å². The summed E-state index contributed by atoms with van der Waals surface area (Å²) in [7, 11) is -3.91. The summed E-state index contributed by atoms with van der Waals surface area (Å²) < 4.78 is 41.2. The van der Waals surface area contributed by atoms with Gasteiger partial charge >= 0.3 is 0 Å². The second-order valence-corrected chi connectivity index (χ2v) is 7.82. The van der Waals surface area contributed by atoms with Crippen LogP contribution in [-0.2, 0) is 10.0 Å². The Morgan fingerprint density at radius 2 is 2.10 bits per heavy atom. The lowest BCUT2D eigenvalue weighted by Crippen LogP contribution is -2.46. The van der Waals surface area contributed by atoms with Crippen LogP contribution in [0.3, 0.4) is 0 Å². The van der Waals surface area contributed by atoms with Crippen molar-refractivity contribution in [1.82, 2.24) is 4.72 Å². The number of nitrogens with zero attached hydrogens (tertiary/aromatic N) is 1. The molecule has 0 aromatic heterocycles. The van der Waals surface area contributed by atoms with Crippen molar-refractivity contribution in [1.29, 1.82) is 5.26 Å². The SMILES string of the molecule is CC1(C)CCCCC1NS(=O)(=O)c1cccc(F)c1C#N. The summed E-state index contributed by atoms with van der Waals surface area (Å²) in [6.45, 7) is 4.05. The van der Waals surface area contributed by atoms with Crippen molar-refractivity contribution in [3.8, 4) is 6.07 Å². The van der Waals surface area contributed by atoms with E-state index in [0.29, 0.717) is 0 Å². The Morgan fingerprint density at radius 3 is 2.71 bits per heavy atom. The second-order valence-electron chi connectivity index (χ2n) is 6.13. The van der Waals surface area contributed by atoms with E-state index in [2.05, 4.69) is 4.72 Å². The van der Waals surface area contributed by atoms with Crippen LogP contribution in [0, 0.1) is 22.6 Å². The highest BCUT2D eigenvalue weighted by Crippen LogP contribution is 2.36. The van der Waals surface area contributed by atoms with Gasteiger partial charge < -0.3 is 0 Å². The van der Waals surface area contributed by atoms with Crippen molar-refractivity contribution in [2.24, 2.45) is 5.41 Å². The number of halogens is 1. The molecule has 6 heteroatoms. The van der Waals surface area contributed by atoms with Gasteiger partial charge in [-0.3, -0.25) is 0 Å². The highest BCUT2D eigenvalue weighted by Gasteiger charge is 2.36. The number of nitriles is 1. The molecule has 0 spiro atoms. The normalized spacial score (nSPS) is 21.7. The van der Waals surface area contributed by atoms with E-state index in [1.54, 1.807) is 6.07 Å². The molecule has 114 valence electrons. The first-order valence-electron chi connectivity index (χ1n) is 6.99. The van der Waals surface area contributed by atoms with Gasteiger partial charge in [-0.15, -0.1) is 0 Å². The maximum atomic E-state index is 13.6. The van der Waals surface area contributed by atoms with E-state index in [4.69, 9.17) is 5.26 Å². The lowest BCUT2D eigenvalue weighted by atomic mass is 9.74. The number of nitrogens with one attached hydrogen (secondary N) is 1. The van der Waals surface area contributed by atoms with Crippen LogP contribution >= 0.6 is 0 Å². The van der Waals surface area contributed by atoms with E-state index < -0.39 is 21.4 Å². The summed E-state index contributed by atoms with van der Waals surface area (Å²) in [6.07, 6.45) is 3.73. The van der Waals surface area contributed by atoms with Crippen molar-refractivity contribution in [3.63, 3.8) is 0 Å². The minimum atomic E-state index is -3.91. The molecule has 0 bridgehead atoms. The average Bonchev–Trinajstić information content (AvgIpc) is 2.40. The predicted octanol–water partition coefficient (Wildman–Crippen LogP) is 2.94. The van der Waals surface area contributed by atoms with Gasteiger partial charge in [0.1, 0.15) is 22.3 Å². The molecule has 1 aliphatic carbocycles. The molecule has 1 aromatic rings. The van der Waals surface area contributed by atoms with Gasteiger partial charge in [-0.05, 0) is 30.4 Å². The van der Waals surface area contributed by atoms with Crippen molar-refractivity contribution in [3.05, 3.63) is 29.6 Å². The van der Waals surface area contributed by atoms with E-state index in [9.17, 15) is 12.8 Å². The van der Waals surface area contributed by atoms with Gasteiger partial charge in [0.25, 0.3) is 0 Å². The van der Waals surface area contributed by atoms with Gasteiger partial charge in [-0.1, -0.05) is 32.8 Å². The molecule has 1 unspecified atom stereocenters. The number of hydrogen-bond donors (Lipinski definition) is 1. The number of benzene rings is 1. The molecular weight excluding hydrogens is 291 g/mol. The smallest absolute Gasteiger partial charge is 0.207 e. The fraction of sp³-hybridized carbons (Fsp3) is 0.533. The van der Waals surface area contributed by atoms with Crippen LogP contribution in [-0.4, -0.2) is 14.5 Å². The Labute approximate surface area is 125 Å². The summed E-state index contributed by atoms with van der Waals surface area (Å²) in [4.78, 5) is -0.286. The molecule has 0 heterocycles. The van der Waals surface area contributed by atoms with Crippen LogP contribution in [0.25, 0.3) is 0 Å². The van der Waals surface area contributed by atoms with Crippen LogP contribution in [0.15, 0.2) is 23.1 Å². The minimum absolute atomic E-state index is 0.147. The summed E-state index contributed by atoms with van der Waals surface area (Å²) in [5.41, 5.74) is -0.579. The molecule has 21 heavy (non-hydrogen) atoms. The van der Waals surface area contributed by atoms with E-state index in [-0.39, 0.29) is 16.4 Å². The monoisotopic (exact) mass is 310 g/mol. The Hall–Kier alpha value is -1.45. The van der Waals surface area contributed by atoms with Gasteiger partial charge in [0.15, 0.2) is 0 Å². The van der Waals surface area contributed by atoms with E-state index in [0.717, 1.165) is 31.7 Å². The molecule has 4 nitrogen and oxygen atoms in total. The molecule has 1 aromatic carbocycles. The minimum Gasteiger partial charge on any atom is -0.207 e. The topological polar surface area (TPSA) is 70.0 Å². The third-order valence-electron chi connectivity index (χ3n) is 4.18. The van der Waals surface area contributed by atoms with Crippen molar-refractivity contribution in [2.45, 2.75) is 50.5 Å². The lowest BCUT2D eigenvalue weighted by molar-refractivity contribution is 0.188. The van der Waals surface area contributed by atoms with Gasteiger partial charge in [-0.25, -0.2) is 17.5 Å².